The largest absolute Gasteiger partial charge is 0.274 e. The molecule has 0 radical (unpaired) electrons. The summed E-state index contributed by atoms with van der Waals surface area (Å²) in [4.78, 5) is 26.0. The Morgan fingerprint density at radius 1 is 1.15 bits per heavy atom. The lowest BCUT2D eigenvalue weighted by molar-refractivity contribution is -0.122. The summed E-state index contributed by atoms with van der Waals surface area (Å²) in [5.41, 5.74) is 0.576. The maximum Gasteiger partial charge on any atom is 0.238 e. The first-order valence-corrected chi connectivity index (χ1v) is 6.73. The van der Waals surface area contributed by atoms with Gasteiger partial charge in [0.15, 0.2) is 0 Å². The highest BCUT2D eigenvalue weighted by Crippen LogP contribution is 2.39. The maximum absolute atomic E-state index is 12.4. The highest BCUT2D eigenvalue weighted by molar-refractivity contribution is 6.31. The zero-order valence-electron chi connectivity index (χ0n) is 10.5. The number of fused-ring (bicyclic) bond motifs is 1. The van der Waals surface area contributed by atoms with Crippen LogP contribution in [0.25, 0.3) is 0 Å². The molecule has 1 aliphatic heterocycles. The number of nitrogens with zero attached hydrogens (tertiary/aromatic N) is 2. The van der Waals surface area contributed by atoms with Gasteiger partial charge < -0.3 is 0 Å². The summed E-state index contributed by atoms with van der Waals surface area (Å²) in [5.74, 6) is -1.08. The van der Waals surface area contributed by atoms with Gasteiger partial charge in [-0.05, 0) is 31.0 Å². The molecule has 5 heteroatoms. The molecule has 2 unspecified atom stereocenters. The molecule has 100 valence electrons. The predicted molar refractivity (Wildman–Crippen MR) is 74.0 cm³/mol. The molecule has 1 aliphatic carbocycles. The normalized spacial score (nSPS) is 24.7. The predicted octanol–water partition coefficient (Wildman–Crippen LogP) is 2.67. The van der Waals surface area contributed by atoms with Crippen molar-refractivity contribution in [3.05, 3.63) is 40.9 Å². The fourth-order valence-corrected chi connectivity index (χ4v) is 2.99. The first-order chi connectivity index (χ1) is 9.63. The van der Waals surface area contributed by atoms with E-state index in [0.717, 1.165) is 4.90 Å². The molecule has 20 heavy (non-hydrogen) atoms. The average molecular weight is 287 g/mol. The minimum Gasteiger partial charge on any atom is -0.274 e. The first kappa shape index (κ1) is 12.9. The van der Waals surface area contributed by atoms with Gasteiger partial charge in [0.2, 0.25) is 11.8 Å². The Labute approximate surface area is 121 Å². The summed E-state index contributed by atoms with van der Waals surface area (Å²) < 4.78 is 0. The van der Waals surface area contributed by atoms with Crippen molar-refractivity contribution in [2.24, 2.45) is 11.8 Å². The molecule has 2 aliphatic rings. The van der Waals surface area contributed by atoms with Gasteiger partial charge in [0, 0.05) is 5.02 Å². The summed E-state index contributed by atoms with van der Waals surface area (Å²) in [5, 5.41) is 9.54. The zero-order valence-corrected chi connectivity index (χ0v) is 11.3. The molecule has 0 spiro atoms. The molecule has 0 aromatic heterocycles. The highest BCUT2D eigenvalue weighted by atomic mass is 35.5. The van der Waals surface area contributed by atoms with Crippen LogP contribution < -0.4 is 4.90 Å². The second-order valence-electron chi connectivity index (χ2n) is 4.94. The number of hydrogen-bond acceptors (Lipinski definition) is 3. The molecule has 1 heterocycles. The van der Waals surface area contributed by atoms with Gasteiger partial charge in [-0.3, -0.25) is 9.59 Å². The lowest BCUT2D eigenvalue weighted by Crippen LogP contribution is -2.31. The topological polar surface area (TPSA) is 61.2 Å². The van der Waals surface area contributed by atoms with E-state index in [-0.39, 0.29) is 29.2 Å². The van der Waals surface area contributed by atoms with E-state index >= 15 is 0 Å². The quantitative estimate of drug-likeness (QED) is 0.589. The van der Waals surface area contributed by atoms with Crippen LogP contribution in [-0.2, 0) is 9.59 Å². The van der Waals surface area contributed by atoms with Crippen molar-refractivity contribution in [1.82, 2.24) is 0 Å². The van der Waals surface area contributed by atoms with E-state index in [1.807, 2.05) is 18.2 Å². The van der Waals surface area contributed by atoms with Crippen LogP contribution in [0.3, 0.4) is 0 Å². The first-order valence-electron chi connectivity index (χ1n) is 6.36. The molecule has 1 aromatic rings. The highest BCUT2D eigenvalue weighted by Gasteiger charge is 2.48. The van der Waals surface area contributed by atoms with Crippen molar-refractivity contribution in [3.63, 3.8) is 0 Å². The fourth-order valence-electron chi connectivity index (χ4n) is 2.82. The summed E-state index contributed by atoms with van der Waals surface area (Å²) in [6.07, 6.45) is 5.01. The number of nitriles is 1. The van der Waals surface area contributed by atoms with E-state index in [9.17, 15) is 9.59 Å². The summed E-state index contributed by atoms with van der Waals surface area (Å²) >= 11 is 5.93. The number of carbonyl (C=O) groups excluding carboxylic acids is 2. The SMILES string of the molecule is N#Cc1ccc(Cl)cc1N1C(=O)C2CC=CCC2C1=O. The maximum atomic E-state index is 12.4. The standard InChI is InChI=1S/C15H11ClN2O2/c16-10-6-5-9(8-17)13(7-10)18-14(19)11-3-1-2-4-12(11)15(18)20/h1-2,5-7,11-12H,3-4H2. The van der Waals surface area contributed by atoms with Crippen molar-refractivity contribution in [3.8, 4) is 6.07 Å². The Hall–Kier alpha value is -2.12. The Kier molecular flexibility index (Phi) is 3.07. The molecular weight excluding hydrogens is 276 g/mol. The van der Waals surface area contributed by atoms with E-state index in [0.29, 0.717) is 23.6 Å². The van der Waals surface area contributed by atoms with Crippen molar-refractivity contribution in [2.45, 2.75) is 12.8 Å². The Balaban J connectivity index is 2.08. The monoisotopic (exact) mass is 286 g/mol. The Morgan fingerprint density at radius 2 is 1.75 bits per heavy atom. The third kappa shape index (κ3) is 1.83. The van der Waals surface area contributed by atoms with E-state index < -0.39 is 0 Å². The van der Waals surface area contributed by atoms with Crippen LogP contribution in [0.1, 0.15) is 18.4 Å². The van der Waals surface area contributed by atoms with Gasteiger partial charge in [0.1, 0.15) is 6.07 Å². The van der Waals surface area contributed by atoms with E-state index in [2.05, 4.69) is 0 Å². The smallest absolute Gasteiger partial charge is 0.238 e. The van der Waals surface area contributed by atoms with Crippen molar-refractivity contribution in [2.75, 3.05) is 4.90 Å². The fraction of sp³-hybridized carbons (Fsp3) is 0.267. The minimum absolute atomic E-state index is 0.233. The zero-order chi connectivity index (χ0) is 14.3. The number of anilines is 1. The van der Waals surface area contributed by atoms with Crippen molar-refractivity contribution in [1.29, 1.82) is 5.26 Å². The summed E-state index contributed by atoms with van der Waals surface area (Å²) in [6.45, 7) is 0. The van der Waals surface area contributed by atoms with Gasteiger partial charge in [0.25, 0.3) is 0 Å². The number of amides is 2. The van der Waals surface area contributed by atoms with Crippen LogP contribution in [0.5, 0.6) is 0 Å². The number of rotatable bonds is 1. The number of hydrogen-bond donors (Lipinski definition) is 0. The third-order valence-electron chi connectivity index (χ3n) is 3.83. The molecular formula is C15H11ClN2O2. The van der Waals surface area contributed by atoms with E-state index in [1.165, 1.54) is 12.1 Å². The van der Waals surface area contributed by atoms with Gasteiger partial charge in [0.05, 0.1) is 23.1 Å². The number of benzene rings is 1. The number of allylic oxidation sites excluding steroid dienone is 2. The second kappa shape index (κ2) is 4.77. The van der Waals surface area contributed by atoms with Gasteiger partial charge >= 0.3 is 0 Å². The molecule has 1 aromatic carbocycles. The van der Waals surface area contributed by atoms with E-state index in [4.69, 9.17) is 16.9 Å². The van der Waals surface area contributed by atoms with Crippen LogP contribution in [0.15, 0.2) is 30.4 Å². The number of carbonyl (C=O) groups is 2. The Morgan fingerprint density at radius 3 is 2.30 bits per heavy atom. The van der Waals surface area contributed by atoms with Crippen LogP contribution in [0.4, 0.5) is 5.69 Å². The second-order valence-corrected chi connectivity index (χ2v) is 5.38. The van der Waals surface area contributed by atoms with Crippen LogP contribution in [0.2, 0.25) is 5.02 Å². The number of halogens is 1. The van der Waals surface area contributed by atoms with Crippen molar-refractivity contribution >= 4 is 29.1 Å². The van der Waals surface area contributed by atoms with Gasteiger partial charge in [-0.25, -0.2) is 4.90 Å². The summed E-state index contributed by atoms with van der Waals surface area (Å²) in [6, 6.07) is 6.60. The van der Waals surface area contributed by atoms with Gasteiger partial charge in [-0.2, -0.15) is 5.26 Å². The third-order valence-corrected chi connectivity index (χ3v) is 4.06. The average Bonchev–Trinajstić information content (AvgIpc) is 2.71. The lowest BCUT2D eigenvalue weighted by atomic mass is 9.85. The van der Waals surface area contributed by atoms with Crippen LogP contribution in [-0.4, -0.2) is 11.8 Å². The van der Waals surface area contributed by atoms with Crippen LogP contribution in [0, 0.1) is 23.2 Å². The van der Waals surface area contributed by atoms with Gasteiger partial charge in [-0.15, -0.1) is 0 Å². The summed E-state index contributed by atoms with van der Waals surface area (Å²) in [7, 11) is 0. The molecule has 4 nitrogen and oxygen atoms in total. The molecule has 2 amide bonds. The molecule has 1 fully saturated rings. The van der Waals surface area contributed by atoms with Crippen molar-refractivity contribution < 1.29 is 9.59 Å². The van der Waals surface area contributed by atoms with E-state index in [1.54, 1.807) is 6.07 Å². The molecule has 1 saturated heterocycles. The Bertz CT molecular complexity index is 649. The molecule has 2 atom stereocenters. The number of imide groups is 1. The molecule has 3 rings (SSSR count). The van der Waals surface area contributed by atoms with Gasteiger partial charge in [-0.1, -0.05) is 23.8 Å². The minimum atomic E-state index is -0.307. The molecule has 0 saturated carbocycles. The lowest BCUT2D eigenvalue weighted by Gasteiger charge is -2.16. The molecule has 0 bridgehead atoms. The van der Waals surface area contributed by atoms with Crippen LogP contribution >= 0.6 is 11.6 Å². The molecule has 0 N–H and O–H groups in total.